The molecule has 1 atom stereocenters. The number of rotatable bonds is 4. The quantitative estimate of drug-likeness (QED) is 0.705. The van der Waals surface area contributed by atoms with E-state index in [1.807, 2.05) is 29.2 Å². The number of fused-ring (bicyclic) bond motifs is 1. The lowest BCUT2D eigenvalue weighted by Crippen LogP contribution is -2.45. The van der Waals surface area contributed by atoms with Crippen LogP contribution in [0.15, 0.2) is 30.3 Å². The molecule has 0 radical (unpaired) electrons. The number of aromatic nitrogens is 1. The average molecular weight is 424 g/mol. The van der Waals surface area contributed by atoms with Gasteiger partial charge in [-0.3, -0.25) is 14.5 Å². The molecule has 3 aliphatic rings. The Labute approximate surface area is 182 Å². The van der Waals surface area contributed by atoms with E-state index >= 15 is 0 Å². The van der Waals surface area contributed by atoms with E-state index in [4.69, 9.17) is 9.47 Å². The van der Waals surface area contributed by atoms with Crippen LogP contribution in [0.1, 0.15) is 42.5 Å². The molecule has 0 bridgehead atoms. The molecular formula is C24H29N3O4. The molecule has 1 aromatic heterocycles. The van der Waals surface area contributed by atoms with Crippen molar-refractivity contribution in [2.75, 3.05) is 39.8 Å². The van der Waals surface area contributed by atoms with Gasteiger partial charge in [-0.1, -0.05) is 18.2 Å². The van der Waals surface area contributed by atoms with E-state index in [0.29, 0.717) is 37.4 Å². The summed E-state index contributed by atoms with van der Waals surface area (Å²) in [6, 6.07) is 9.32. The number of methoxy groups -OCH3 is 1. The lowest BCUT2D eigenvalue weighted by atomic mass is 9.76. The molecular weight excluding hydrogens is 394 g/mol. The van der Waals surface area contributed by atoms with E-state index in [1.165, 1.54) is 12.8 Å². The Kier molecular flexibility index (Phi) is 5.30. The fraction of sp³-hybridized carbons (Fsp3) is 0.542. The van der Waals surface area contributed by atoms with Crippen LogP contribution >= 0.6 is 0 Å². The number of nitrogens with zero attached hydrogens (tertiary/aromatic N) is 3. The summed E-state index contributed by atoms with van der Waals surface area (Å²) in [6.07, 6.45) is 4.55. The van der Waals surface area contributed by atoms with Crippen LogP contribution in [0, 0.1) is 5.41 Å². The van der Waals surface area contributed by atoms with Crippen molar-refractivity contribution < 1.29 is 19.1 Å². The van der Waals surface area contributed by atoms with E-state index in [9.17, 15) is 9.59 Å². The summed E-state index contributed by atoms with van der Waals surface area (Å²) in [5.41, 5.74) is 0.904. The van der Waals surface area contributed by atoms with Crippen LogP contribution in [0.3, 0.4) is 0 Å². The summed E-state index contributed by atoms with van der Waals surface area (Å²) in [5, 5.41) is 0.819. The van der Waals surface area contributed by atoms with Crippen molar-refractivity contribution in [3.63, 3.8) is 0 Å². The minimum Gasteiger partial charge on any atom is -0.481 e. The average Bonchev–Trinajstić information content (AvgIpc) is 3.41. The zero-order valence-corrected chi connectivity index (χ0v) is 18.0. The third kappa shape index (κ3) is 3.76. The first-order valence-electron chi connectivity index (χ1n) is 11.2. The normalized spacial score (nSPS) is 23.5. The van der Waals surface area contributed by atoms with Crippen LogP contribution in [0.25, 0.3) is 10.9 Å². The molecule has 164 valence electrons. The van der Waals surface area contributed by atoms with Crippen molar-refractivity contribution in [2.24, 2.45) is 5.41 Å². The van der Waals surface area contributed by atoms with Gasteiger partial charge in [-0.05, 0) is 44.8 Å². The van der Waals surface area contributed by atoms with Crippen LogP contribution in [0.2, 0.25) is 0 Å². The highest BCUT2D eigenvalue weighted by molar-refractivity contribution is 6.06. The number of cyclic esters (lactones) is 1. The standard InChI is InChI=1S/C24H29N3O4/c1-30-21-14-19(18-6-2-3-7-20(18)25-21)22(28)27-12-8-24(9-13-27)15-17(31-23(24)29)16-26-10-4-5-11-26/h2-3,6-7,14,17H,4-5,8-13,15-16H2,1H3. The molecule has 3 fully saturated rings. The van der Waals surface area contributed by atoms with Gasteiger partial charge in [0.05, 0.1) is 23.6 Å². The molecule has 3 aliphatic heterocycles. The second-order valence-corrected chi connectivity index (χ2v) is 9.04. The summed E-state index contributed by atoms with van der Waals surface area (Å²) in [4.78, 5) is 34.8. The Morgan fingerprint density at radius 2 is 1.94 bits per heavy atom. The Hall–Kier alpha value is -2.67. The fourth-order valence-electron chi connectivity index (χ4n) is 5.34. The SMILES string of the molecule is COc1cc(C(=O)N2CCC3(CC2)CC(CN2CCCC2)OC3=O)c2ccccc2n1. The van der Waals surface area contributed by atoms with Gasteiger partial charge in [0.15, 0.2) is 0 Å². The monoisotopic (exact) mass is 423 g/mol. The van der Waals surface area contributed by atoms with Gasteiger partial charge in [-0.15, -0.1) is 0 Å². The number of ether oxygens (including phenoxy) is 2. The van der Waals surface area contributed by atoms with Crippen molar-refractivity contribution in [3.05, 3.63) is 35.9 Å². The molecule has 0 N–H and O–H groups in total. The smallest absolute Gasteiger partial charge is 0.312 e. The molecule has 1 spiro atoms. The number of benzene rings is 1. The highest BCUT2D eigenvalue weighted by Gasteiger charge is 2.51. The minimum atomic E-state index is -0.431. The minimum absolute atomic E-state index is 0.0127. The molecule has 0 aliphatic carbocycles. The van der Waals surface area contributed by atoms with Gasteiger partial charge in [0.25, 0.3) is 5.91 Å². The van der Waals surface area contributed by atoms with Crippen molar-refractivity contribution in [3.8, 4) is 5.88 Å². The molecule has 7 heteroatoms. The maximum Gasteiger partial charge on any atom is 0.312 e. The van der Waals surface area contributed by atoms with Crippen molar-refractivity contribution in [1.29, 1.82) is 0 Å². The van der Waals surface area contributed by atoms with Crippen LogP contribution < -0.4 is 4.74 Å². The molecule has 2 aromatic rings. The number of hydrogen-bond donors (Lipinski definition) is 0. The van der Waals surface area contributed by atoms with Crippen LogP contribution in [-0.2, 0) is 9.53 Å². The lowest BCUT2D eigenvalue weighted by molar-refractivity contribution is -0.150. The van der Waals surface area contributed by atoms with Gasteiger partial charge in [0, 0.05) is 37.5 Å². The Morgan fingerprint density at radius 1 is 1.19 bits per heavy atom. The van der Waals surface area contributed by atoms with Gasteiger partial charge in [0.1, 0.15) is 6.10 Å². The summed E-state index contributed by atoms with van der Waals surface area (Å²) >= 11 is 0. The van der Waals surface area contributed by atoms with Gasteiger partial charge in [-0.2, -0.15) is 0 Å². The van der Waals surface area contributed by atoms with E-state index < -0.39 is 5.41 Å². The van der Waals surface area contributed by atoms with Crippen LogP contribution in [0.5, 0.6) is 5.88 Å². The number of likely N-dealkylation sites (tertiary alicyclic amines) is 2. The number of pyridine rings is 1. The Balaban J connectivity index is 1.29. The summed E-state index contributed by atoms with van der Waals surface area (Å²) in [5.74, 6) is 0.325. The van der Waals surface area contributed by atoms with E-state index in [0.717, 1.165) is 37.0 Å². The Morgan fingerprint density at radius 3 is 2.68 bits per heavy atom. The molecule has 0 saturated carbocycles. The first-order chi connectivity index (χ1) is 15.1. The number of hydrogen-bond acceptors (Lipinski definition) is 6. The van der Waals surface area contributed by atoms with E-state index in [1.54, 1.807) is 13.2 Å². The number of para-hydroxylation sites is 1. The molecule has 7 nitrogen and oxygen atoms in total. The van der Waals surface area contributed by atoms with Gasteiger partial charge in [0.2, 0.25) is 5.88 Å². The van der Waals surface area contributed by atoms with Gasteiger partial charge in [-0.25, -0.2) is 4.98 Å². The molecule has 1 aromatic carbocycles. The summed E-state index contributed by atoms with van der Waals surface area (Å²) in [7, 11) is 1.56. The Bertz CT molecular complexity index is 993. The number of esters is 1. The molecule has 1 amide bonds. The number of carbonyl (C=O) groups is 2. The maximum atomic E-state index is 13.4. The third-order valence-electron chi connectivity index (χ3n) is 7.13. The topological polar surface area (TPSA) is 72.0 Å². The number of amides is 1. The zero-order chi connectivity index (χ0) is 21.4. The summed E-state index contributed by atoms with van der Waals surface area (Å²) in [6.45, 7) is 4.17. The lowest BCUT2D eigenvalue weighted by Gasteiger charge is -2.36. The van der Waals surface area contributed by atoms with Crippen LogP contribution in [0.4, 0.5) is 0 Å². The summed E-state index contributed by atoms with van der Waals surface area (Å²) < 4.78 is 11.1. The van der Waals surface area contributed by atoms with E-state index in [2.05, 4.69) is 9.88 Å². The predicted molar refractivity (Wildman–Crippen MR) is 116 cm³/mol. The van der Waals surface area contributed by atoms with Gasteiger partial charge < -0.3 is 14.4 Å². The first-order valence-corrected chi connectivity index (χ1v) is 11.2. The molecule has 4 heterocycles. The van der Waals surface area contributed by atoms with Crippen molar-refractivity contribution >= 4 is 22.8 Å². The van der Waals surface area contributed by atoms with Gasteiger partial charge >= 0.3 is 5.97 Å². The maximum absolute atomic E-state index is 13.4. The second-order valence-electron chi connectivity index (χ2n) is 9.04. The van der Waals surface area contributed by atoms with Crippen molar-refractivity contribution in [2.45, 2.75) is 38.2 Å². The van der Waals surface area contributed by atoms with Crippen molar-refractivity contribution in [1.82, 2.24) is 14.8 Å². The first kappa shape index (κ1) is 20.2. The molecule has 31 heavy (non-hydrogen) atoms. The van der Waals surface area contributed by atoms with Crippen LogP contribution in [-0.4, -0.2) is 72.6 Å². The largest absolute Gasteiger partial charge is 0.481 e. The second kappa shape index (κ2) is 8.11. The molecule has 3 saturated heterocycles. The van der Waals surface area contributed by atoms with E-state index in [-0.39, 0.29) is 18.0 Å². The predicted octanol–water partition coefficient (Wildman–Crippen LogP) is 2.88. The fourth-order valence-corrected chi connectivity index (χ4v) is 5.34. The molecule has 5 rings (SSSR count). The highest BCUT2D eigenvalue weighted by Crippen LogP contribution is 2.43. The highest BCUT2D eigenvalue weighted by atomic mass is 16.6. The molecule has 1 unspecified atom stereocenters. The number of piperidine rings is 1. The third-order valence-corrected chi connectivity index (χ3v) is 7.13. The zero-order valence-electron chi connectivity index (χ0n) is 18.0. The number of carbonyl (C=O) groups excluding carboxylic acids is 2.